The van der Waals surface area contributed by atoms with Crippen LogP contribution < -0.4 is 0 Å². The second kappa shape index (κ2) is 61.4. The van der Waals surface area contributed by atoms with Gasteiger partial charge < -0.3 is 14.2 Å². The second-order valence-electron chi connectivity index (χ2n) is 20.9. The van der Waals surface area contributed by atoms with E-state index >= 15 is 0 Å². The lowest BCUT2D eigenvalue weighted by molar-refractivity contribution is -0.166. The predicted octanol–water partition coefficient (Wildman–Crippen LogP) is 21.3. The molecule has 0 radical (unpaired) electrons. The Labute approximate surface area is 453 Å². The van der Waals surface area contributed by atoms with Crippen molar-refractivity contribution in [1.82, 2.24) is 0 Å². The molecule has 0 aromatic rings. The van der Waals surface area contributed by atoms with Crippen LogP contribution in [0.5, 0.6) is 0 Å². The summed E-state index contributed by atoms with van der Waals surface area (Å²) >= 11 is 0. The van der Waals surface area contributed by atoms with Crippen LogP contribution in [-0.4, -0.2) is 37.2 Å². The second-order valence-corrected chi connectivity index (χ2v) is 20.9. The molecule has 0 saturated carbocycles. The molecule has 0 aliphatic heterocycles. The molecule has 0 aliphatic rings. The monoisotopic (exact) mass is 1020 g/mol. The fourth-order valence-electron chi connectivity index (χ4n) is 8.98. The number of carbonyl (C=O) groups is 3. The molecule has 6 heteroatoms. The lowest BCUT2D eigenvalue weighted by Crippen LogP contribution is -2.30. The topological polar surface area (TPSA) is 78.9 Å². The summed E-state index contributed by atoms with van der Waals surface area (Å²) in [6.45, 7) is 6.49. The summed E-state index contributed by atoms with van der Waals surface area (Å²) in [6.07, 6.45) is 79.3. The van der Waals surface area contributed by atoms with Crippen LogP contribution in [0.15, 0.2) is 72.9 Å². The van der Waals surface area contributed by atoms with Gasteiger partial charge in [0.2, 0.25) is 0 Å². The van der Waals surface area contributed by atoms with E-state index in [4.69, 9.17) is 14.2 Å². The Morgan fingerprint density at radius 1 is 0.288 bits per heavy atom. The van der Waals surface area contributed by atoms with E-state index in [0.717, 1.165) is 64.2 Å². The van der Waals surface area contributed by atoms with Crippen molar-refractivity contribution in [3.63, 3.8) is 0 Å². The molecule has 0 saturated heterocycles. The first-order valence-electron chi connectivity index (χ1n) is 31.4. The van der Waals surface area contributed by atoms with Crippen molar-refractivity contribution >= 4 is 17.9 Å². The molecule has 0 N–H and O–H groups in total. The summed E-state index contributed by atoms with van der Waals surface area (Å²) in [5, 5.41) is 0. The summed E-state index contributed by atoms with van der Waals surface area (Å²) in [6, 6.07) is 0. The van der Waals surface area contributed by atoms with Crippen LogP contribution in [-0.2, 0) is 28.6 Å². The first-order valence-corrected chi connectivity index (χ1v) is 31.4. The van der Waals surface area contributed by atoms with Gasteiger partial charge in [-0.2, -0.15) is 0 Å². The molecule has 0 rings (SSSR count). The van der Waals surface area contributed by atoms with Gasteiger partial charge in [0.15, 0.2) is 6.10 Å². The van der Waals surface area contributed by atoms with Crippen molar-refractivity contribution in [1.29, 1.82) is 0 Å². The Balaban J connectivity index is 4.31. The number of esters is 3. The van der Waals surface area contributed by atoms with Crippen molar-refractivity contribution in [2.45, 2.75) is 322 Å². The van der Waals surface area contributed by atoms with Crippen molar-refractivity contribution in [2.24, 2.45) is 0 Å². The average Bonchev–Trinajstić information content (AvgIpc) is 3.39. The summed E-state index contributed by atoms with van der Waals surface area (Å²) < 4.78 is 16.8. The zero-order valence-electron chi connectivity index (χ0n) is 48.4. The van der Waals surface area contributed by atoms with Crippen LogP contribution in [0.25, 0.3) is 0 Å². The van der Waals surface area contributed by atoms with Crippen LogP contribution in [0.3, 0.4) is 0 Å². The third-order valence-electron chi connectivity index (χ3n) is 13.7. The highest BCUT2D eigenvalue weighted by atomic mass is 16.6. The van der Waals surface area contributed by atoms with Gasteiger partial charge in [0.25, 0.3) is 0 Å². The molecule has 1 atom stereocenters. The van der Waals surface area contributed by atoms with Gasteiger partial charge in [-0.15, -0.1) is 0 Å². The molecule has 0 heterocycles. The van der Waals surface area contributed by atoms with E-state index in [-0.39, 0.29) is 37.5 Å². The Morgan fingerprint density at radius 3 is 0.918 bits per heavy atom. The van der Waals surface area contributed by atoms with Crippen LogP contribution in [0.1, 0.15) is 316 Å². The van der Waals surface area contributed by atoms with Crippen molar-refractivity contribution in [2.75, 3.05) is 13.2 Å². The molecule has 0 bridgehead atoms. The molecule has 0 fully saturated rings. The van der Waals surface area contributed by atoms with Gasteiger partial charge in [-0.3, -0.25) is 14.4 Å². The molecule has 0 spiro atoms. The fourth-order valence-corrected chi connectivity index (χ4v) is 8.98. The normalized spacial score (nSPS) is 12.5. The SMILES string of the molecule is CC/C=C\C/C=C\C/C=C\C/C=C\CCC(=O)OCC(COC(=O)CCCCCCCCCCCCCCC/C=C\CCCCCCCCCC)OC(=O)CCCCCCCCC/C=C\CCCCCCCC. The number of unbranched alkanes of at least 4 members (excludes halogenated alkanes) is 34. The van der Waals surface area contributed by atoms with Gasteiger partial charge in [-0.1, -0.05) is 273 Å². The molecular formula is C67H118O6. The third kappa shape index (κ3) is 59.6. The summed E-state index contributed by atoms with van der Waals surface area (Å²) in [7, 11) is 0. The lowest BCUT2D eigenvalue weighted by atomic mass is 10.0. The number of ether oxygens (including phenoxy) is 3. The first kappa shape index (κ1) is 69.8. The molecule has 6 nitrogen and oxygen atoms in total. The van der Waals surface area contributed by atoms with Crippen LogP contribution in [0, 0.1) is 0 Å². The molecule has 0 aliphatic carbocycles. The van der Waals surface area contributed by atoms with Crippen LogP contribution >= 0.6 is 0 Å². The maximum Gasteiger partial charge on any atom is 0.306 e. The minimum absolute atomic E-state index is 0.0975. The van der Waals surface area contributed by atoms with Gasteiger partial charge in [0.05, 0.1) is 0 Å². The highest BCUT2D eigenvalue weighted by Gasteiger charge is 2.19. The zero-order chi connectivity index (χ0) is 52.9. The zero-order valence-corrected chi connectivity index (χ0v) is 48.4. The van der Waals surface area contributed by atoms with Crippen molar-refractivity contribution in [3.8, 4) is 0 Å². The van der Waals surface area contributed by atoms with E-state index in [1.54, 1.807) is 0 Å². The van der Waals surface area contributed by atoms with Gasteiger partial charge >= 0.3 is 17.9 Å². The minimum atomic E-state index is -0.806. The Morgan fingerprint density at radius 2 is 0.562 bits per heavy atom. The highest BCUT2D eigenvalue weighted by molar-refractivity contribution is 5.71. The maximum absolute atomic E-state index is 12.9. The Kier molecular flexibility index (Phi) is 58.7. The van der Waals surface area contributed by atoms with Gasteiger partial charge in [0, 0.05) is 19.3 Å². The quantitative estimate of drug-likeness (QED) is 0.0261. The molecule has 0 aromatic heterocycles. The standard InChI is InChI=1S/C67H118O6/c1-4-7-10-13-16-19-22-25-27-29-30-31-32-33-34-35-36-38-39-42-45-48-51-54-57-60-66(69)72-63-64(62-71-65(68)59-56-53-50-47-44-41-24-21-18-15-12-9-6-3)73-67(70)61-58-55-52-49-46-43-40-37-28-26-23-20-17-14-11-8-5-2/h9,12,18,21,26,28-30,41,44,50,53,64H,4-8,10-11,13-17,19-20,22-25,27,31-40,42-43,45-49,51-52,54-63H2,1-3H3/b12-9-,21-18-,28-26-,30-29-,44-41-,53-50-. The largest absolute Gasteiger partial charge is 0.462 e. The van der Waals surface area contributed by atoms with Gasteiger partial charge in [-0.25, -0.2) is 0 Å². The third-order valence-corrected chi connectivity index (χ3v) is 13.7. The smallest absolute Gasteiger partial charge is 0.306 e. The molecular weight excluding hydrogens is 901 g/mol. The molecule has 73 heavy (non-hydrogen) atoms. The maximum atomic E-state index is 12.9. The van der Waals surface area contributed by atoms with Gasteiger partial charge in [0.1, 0.15) is 13.2 Å². The van der Waals surface area contributed by atoms with Crippen molar-refractivity contribution in [3.05, 3.63) is 72.9 Å². The van der Waals surface area contributed by atoms with E-state index in [1.807, 2.05) is 6.08 Å². The number of carbonyl (C=O) groups excluding carboxylic acids is 3. The number of allylic oxidation sites excluding steroid dienone is 12. The molecule has 422 valence electrons. The Hall–Kier alpha value is -3.15. The number of hydrogen-bond donors (Lipinski definition) is 0. The first-order chi connectivity index (χ1) is 36.0. The van der Waals surface area contributed by atoms with E-state index in [1.165, 1.54) is 205 Å². The van der Waals surface area contributed by atoms with Gasteiger partial charge in [-0.05, 0) is 96.3 Å². The number of rotatable bonds is 57. The molecule has 1 unspecified atom stereocenters. The van der Waals surface area contributed by atoms with E-state index < -0.39 is 6.10 Å². The summed E-state index contributed by atoms with van der Waals surface area (Å²) in [5.74, 6) is -0.975. The fraction of sp³-hybridized carbons (Fsp3) is 0.776. The molecule has 0 aromatic carbocycles. The average molecular weight is 1020 g/mol. The molecule has 0 amide bonds. The number of hydrogen-bond acceptors (Lipinski definition) is 6. The Bertz CT molecular complexity index is 1360. The summed E-state index contributed by atoms with van der Waals surface area (Å²) in [5.41, 5.74) is 0. The summed E-state index contributed by atoms with van der Waals surface area (Å²) in [4.78, 5) is 38.2. The van der Waals surface area contributed by atoms with E-state index in [9.17, 15) is 14.4 Å². The highest BCUT2D eigenvalue weighted by Crippen LogP contribution is 2.16. The van der Waals surface area contributed by atoms with Crippen LogP contribution in [0.2, 0.25) is 0 Å². The van der Waals surface area contributed by atoms with Crippen LogP contribution in [0.4, 0.5) is 0 Å². The minimum Gasteiger partial charge on any atom is -0.462 e. The van der Waals surface area contributed by atoms with Crippen molar-refractivity contribution < 1.29 is 28.6 Å². The predicted molar refractivity (Wildman–Crippen MR) is 316 cm³/mol. The van der Waals surface area contributed by atoms with E-state index in [0.29, 0.717) is 19.3 Å². The lowest BCUT2D eigenvalue weighted by Gasteiger charge is -2.18. The van der Waals surface area contributed by atoms with E-state index in [2.05, 4.69) is 87.6 Å².